The van der Waals surface area contributed by atoms with Gasteiger partial charge in [-0.05, 0) is 48.0 Å². The summed E-state index contributed by atoms with van der Waals surface area (Å²) >= 11 is 0. The quantitative estimate of drug-likeness (QED) is 0.208. The van der Waals surface area contributed by atoms with Crippen LogP contribution in [0, 0.1) is 0 Å². The van der Waals surface area contributed by atoms with Gasteiger partial charge < -0.3 is 14.2 Å². The monoisotopic (exact) mass is 497 g/mol. The summed E-state index contributed by atoms with van der Waals surface area (Å²) in [6, 6.07) is 20.7. The van der Waals surface area contributed by atoms with Crippen LogP contribution in [0.4, 0.5) is 10.5 Å². The average molecular weight is 498 g/mol. The van der Waals surface area contributed by atoms with Crippen molar-refractivity contribution < 1.29 is 32.2 Å². The van der Waals surface area contributed by atoms with E-state index in [2.05, 4.69) is 15.3 Å². The van der Waals surface area contributed by atoms with Crippen molar-refractivity contribution in [3.05, 3.63) is 84.4 Å². The molecule has 0 bridgehead atoms. The van der Waals surface area contributed by atoms with E-state index in [4.69, 9.17) is 9.47 Å². The van der Waals surface area contributed by atoms with Crippen molar-refractivity contribution >= 4 is 34.0 Å². The van der Waals surface area contributed by atoms with Crippen LogP contribution in [-0.4, -0.2) is 47.5 Å². The normalized spacial score (nSPS) is 11.0. The Balaban J connectivity index is 1.74. The van der Waals surface area contributed by atoms with Gasteiger partial charge in [0.25, 0.3) is 15.9 Å². The second-order valence-corrected chi connectivity index (χ2v) is 8.78. The van der Waals surface area contributed by atoms with Gasteiger partial charge in [0.2, 0.25) is 0 Å². The van der Waals surface area contributed by atoms with Crippen LogP contribution in [-0.2, 0) is 19.6 Å². The molecule has 0 fully saturated rings. The molecule has 0 radical (unpaired) electrons. The van der Waals surface area contributed by atoms with Gasteiger partial charge in [-0.1, -0.05) is 36.4 Å². The zero-order valence-corrected chi connectivity index (χ0v) is 19.8. The molecule has 35 heavy (non-hydrogen) atoms. The number of benzene rings is 3. The number of nitrogens with zero attached hydrogens (tertiary/aromatic N) is 2. The second-order valence-electron chi connectivity index (χ2n) is 6.92. The average Bonchev–Trinajstić information content (AvgIpc) is 2.88. The van der Waals surface area contributed by atoms with E-state index in [1.165, 1.54) is 44.7 Å². The van der Waals surface area contributed by atoms with Crippen molar-refractivity contribution in [3.63, 3.8) is 0 Å². The van der Waals surface area contributed by atoms with Crippen LogP contribution in [0.25, 0.3) is 0 Å². The summed E-state index contributed by atoms with van der Waals surface area (Å²) in [4.78, 5) is 24.0. The Morgan fingerprint density at radius 1 is 0.943 bits per heavy atom. The Kier molecular flexibility index (Phi) is 8.41. The number of hydrazone groups is 1. The summed E-state index contributed by atoms with van der Waals surface area (Å²) in [5.74, 6) is -0.262. The number of nitrogens with one attached hydrogen (secondary N) is 1. The SMILES string of the molecule is COC(=O)Oc1ccc(/C=N/NC(=O)CN(c2ccccc2)S(=O)(=O)c2ccccc2)cc1OC. The summed E-state index contributed by atoms with van der Waals surface area (Å²) in [6.07, 6.45) is 0.436. The van der Waals surface area contributed by atoms with Crippen LogP contribution < -0.4 is 19.2 Å². The molecule has 0 aliphatic carbocycles. The number of sulfonamides is 1. The molecule has 1 amide bonds. The summed E-state index contributed by atoms with van der Waals surface area (Å²) in [7, 11) is -1.42. The number of methoxy groups -OCH3 is 2. The fourth-order valence-electron chi connectivity index (χ4n) is 2.95. The van der Waals surface area contributed by atoms with E-state index >= 15 is 0 Å². The first-order valence-corrected chi connectivity index (χ1v) is 11.7. The summed E-state index contributed by atoms with van der Waals surface area (Å²) < 4.78 is 42.0. The van der Waals surface area contributed by atoms with Crippen molar-refractivity contribution in [2.75, 3.05) is 25.1 Å². The maximum Gasteiger partial charge on any atom is 0.513 e. The Bertz CT molecular complexity index is 1300. The highest BCUT2D eigenvalue weighted by Crippen LogP contribution is 2.28. The third kappa shape index (κ3) is 6.58. The Morgan fingerprint density at radius 3 is 2.23 bits per heavy atom. The number of amides is 1. The summed E-state index contributed by atoms with van der Waals surface area (Å²) in [6.45, 7) is -0.492. The first-order chi connectivity index (χ1) is 16.8. The smallest absolute Gasteiger partial charge is 0.493 e. The third-order valence-corrected chi connectivity index (χ3v) is 6.40. The molecule has 3 rings (SSSR count). The lowest BCUT2D eigenvalue weighted by atomic mass is 10.2. The first kappa shape index (κ1) is 25.2. The van der Waals surface area contributed by atoms with E-state index < -0.39 is 28.6 Å². The van der Waals surface area contributed by atoms with Crippen LogP contribution in [0.3, 0.4) is 0 Å². The molecule has 1 N–H and O–H groups in total. The van der Waals surface area contributed by atoms with Gasteiger partial charge in [-0.25, -0.2) is 18.6 Å². The van der Waals surface area contributed by atoms with Crippen molar-refractivity contribution in [2.24, 2.45) is 5.10 Å². The van der Waals surface area contributed by atoms with Crippen molar-refractivity contribution in [3.8, 4) is 11.5 Å². The van der Waals surface area contributed by atoms with E-state index in [0.717, 1.165) is 4.31 Å². The molecule has 10 nitrogen and oxygen atoms in total. The molecule has 0 aliphatic heterocycles. The number of para-hydroxylation sites is 1. The predicted octanol–water partition coefficient (Wildman–Crippen LogP) is 3.19. The molecular formula is C24H23N3O7S. The van der Waals surface area contributed by atoms with Crippen LogP contribution in [0.15, 0.2) is 88.9 Å². The van der Waals surface area contributed by atoms with Crippen molar-refractivity contribution in [1.82, 2.24) is 5.43 Å². The summed E-state index contributed by atoms with van der Waals surface area (Å²) in [5, 5.41) is 3.89. The van der Waals surface area contributed by atoms with E-state index in [1.807, 2.05) is 0 Å². The molecule has 3 aromatic rings. The first-order valence-electron chi connectivity index (χ1n) is 10.2. The van der Waals surface area contributed by atoms with Crippen LogP contribution in [0.1, 0.15) is 5.56 Å². The number of rotatable bonds is 9. The molecule has 0 aromatic heterocycles. The van der Waals surface area contributed by atoms with Gasteiger partial charge in [0, 0.05) is 0 Å². The molecule has 0 aliphatic rings. The number of hydrogen-bond acceptors (Lipinski definition) is 8. The number of ether oxygens (including phenoxy) is 3. The zero-order valence-electron chi connectivity index (χ0n) is 19.0. The Labute approximate surface area is 202 Å². The second kappa shape index (κ2) is 11.7. The maximum absolute atomic E-state index is 13.2. The molecule has 0 atom stereocenters. The fraction of sp³-hybridized carbons (Fsp3) is 0.125. The van der Waals surface area contributed by atoms with Crippen LogP contribution in [0.5, 0.6) is 11.5 Å². The highest BCUT2D eigenvalue weighted by atomic mass is 32.2. The molecule has 0 saturated carbocycles. The maximum atomic E-state index is 13.2. The van der Waals surface area contributed by atoms with Gasteiger partial charge in [-0.3, -0.25) is 9.10 Å². The van der Waals surface area contributed by atoms with E-state index in [1.54, 1.807) is 54.6 Å². The lowest BCUT2D eigenvalue weighted by Gasteiger charge is -2.23. The molecule has 182 valence electrons. The van der Waals surface area contributed by atoms with Crippen molar-refractivity contribution in [2.45, 2.75) is 4.90 Å². The summed E-state index contributed by atoms with van der Waals surface area (Å²) in [5.41, 5.74) is 3.19. The van der Waals surface area contributed by atoms with Gasteiger partial charge in [-0.15, -0.1) is 0 Å². The predicted molar refractivity (Wildman–Crippen MR) is 129 cm³/mol. The molecular weight excluding hydrogens is 474 g/mol. The molecule has 0 spiro atoms. The molecule has 3 aromatic carbocycles. The van der Waals surface area contributed by atoms with Crippen molar-refractivity contribution in [1.29, 1.82) is 0 Å². The number of carbonyl (C=O) groups excluding carboxylic acids is 2. The number of carbonyl (C=O) groups is 2. The minimum atomic E-state index is -4.00. The minimum absolute atomic E-state index is 0.0570. The minimum Gasteiger partial charge on any atom is -0.493 e. The van der Waals surface area contributed by atoms with Gasteiger partial charge in [0.1, 0.15) is 6.54 Å². The standard InChI is InChI=1S/C24H23N3O7S/c1-32-22-15-18(13-14-21(22)34-24(29)33-2)16-25-26-23(28)17-27(19-9-5-3-6-10-19)35(30,31)20-11-7-4-8-12-20/h3-16H,17H2,1-2H3,(H,26,28)/b25-16+. The Morgan fingerprint density at radius 2 is 1.60 bits per heavy atom. The molecule has 0 unspecified atom stereocenters. The number of anilines is 1. The van der Waals surface area contributed by atoms with E-state index in [9.17, 15) is 18.0 Å². The van der Waals surface area contributed by atoms with Crippen LogP contribution in [0.2, 0.25) is 0 Å². The number of hydrogen-bond donors (Lipinski definition) is 1. The Hall–Kier alpha value is -4.38. The fourth-order valence-corrected chi connectivity index (χ4v) is 4.40. The lowest BCUT2D eigenvalue weighted by molar-refractivity contribution is -0.119. The van der Waals surface area contributed by atoms with Gasteiger partial charge >= 0.3 is 6.16 Å². The van der Waals surface area contributed by atoms with E-state index in [-0.39, 0.29) is 16.4 Å². The highest BCUT2D eigenvalue weighted by Gasteiger charge is 2.26. The van der Waals surface area contributed by atoms with Gasteiger partial charge in [0.05, 0.1) is 31.0 Å². The molecule has 0 heterocycles. The lowest BCUT2D eigenvalue weighted by Crippen LogP contribution is -2.39. The molecule has 11 heteroatoms. The largest absolute Gasteiger partial charge is 0.513 e. The third-order valence-electron chi connectivity index (χ3n) is 4.61. The zero-order chi connectivity index (χ0) is 25.3. The van der Waals surface area contributed by atoms with Gasteiger partial charge in [-0.2, -0.15) is 5.10 Å². The van der Waals surface area contributed by atoms with Crippen LogP contribution >= 0.6 is 0 Å². The van der Waals surface area contributed by atoms with E-state index in [0.29, 0.717) is 11.3 Å². The molecule has 0 saturated heterocycles. The highest BCUT2D eigenvalue weighted by molar-refractivity contribution is 7.92. The topological polar surface area (TPSA) is 124 Å². The van der Waals surface area contributed by atoms with Gasteiger partial charge in [0.15, 0.2) is 11.5 Å².